The lowest BCUT2D eigenvalue weighted by molar-refractivity contribution is 0.0684. The third-order valence-electron chi connectivity index (χ3n) is 4.90. The van der Waals surface area contributed by atoms with Crippen molar-refractivity contribution in [3.05, 3.63) is 0 Å². The van der Waals surface area contributed by atoms with Crippen LogP contribution in [0.25, 0.3) is 0 Å². The summed E-state index contributed by atoms with van der Waals surface area (Å²) < 4.78 is 0. The van der Waals surface area contributed by atoms with Crippen LogP contribution >= 0.6 is 11.8 Å². The maximum Gasteiger partial charge on any atom is 0.0244 e. The van der Waals surface area contributed by atoms with E-state index in [0.29, 0.717) is 6.04 Å². The Kier molecular flexibility index (Phi) is 6.04. The first-order valence-corrected chi connectivity index (χ1v) is 9.28. The molecule has 2 heterocycles. The molecule has 112 valence electrons. The number of rotatable bonds is 4. The van der Waals surface area contributed by atoms with Crippen LogP contribution in [0.5, 0.6) is 0 Å². The Labute approximate surface area is 124 Å². The zero-order valence-electron chi connectivity index (χ0n) is 13.2. The molecule has 0 aromatic carbocycles. The van der Waals surface area contributed by atoms with Crippen LogP contribution in [-0.2, 0) is 0 Å². The zero-order chi connectivity index (χ0) is 13.8. The molecule has 2 aliphatic heterocycles. The number of thioether (sulfide) groups is 1. The second-order valence-electron chi connectivity index (χ2n) is 7.08. The molecule has 0 aromatic rings. The SMILES string of the molecule is CC(C)C1CN(CC2CCSCC2)C(C(C)C)CN1. The summed E-state index contributed by atoms with van der Waals surface area (Å²) in [6.45, 7) is 13.2. The molecule has 2 saturated heterocycles. The van der Waals surface area contributed by atoms with E-state index in [1.165, 1.54) is 44.0 Å². The van der Waals surface area contributed by atoms with Gasteiger partial charge >= 0.3 is 0 Å². The lowest BCUT2D eigenvalue weighted by Gasteiger charge is -2.45. The third kappa shape index (κ3) is 4.37. The van der Waals surface area contributed by atoms with E-state index in [9.17, 15) is 0 Å². The molecule has 2 unspecified atom stereocenters. The number of piperazine rings is 1. The van der Waals surface area contributed by atoms with Crippen molar-refractivity contribution in [3.63, 3.8) is 0 Å². The average Bonchev–Trinajstić information content (AvgIpc) is 2.39. The topological polar surface area (TPSA) is 15.3 Å². The smallest absolute Gasteiger partial charge is 0.0244 e. The lowest BCUT2D eigenvalue weighted by Crippen LogP contribution is -2.60. The number of hydrogen-bond acceptors (Lipinski definition) is 3. The predicted molar refractivity (Wildman–Crippen MR) is 86.9 cm³/mol. The van der Waals surface area contributed by atoms with Crippen LogP contribution in [0.15, 0.2) is 0 Å². The molecule has 0 bridgehead atoms. The molecule has 1 N–H and O–H groups in total. The highest BCUT2D eigenvalue weighted by molar-refractivity contribution is 7.99. The van der Waals surface area contributed by atoms with Crippen LogP contribution in [0.4, 0.5) is 0 Å². The van der Waals surface area contributed by atoms with E-state index in [1.807, 2.05) is 0 Å². The Morgan fingerprint density at radius 3 is 2.37 bits per heavy atom. The van der Waals surface area contributed by atoms with Gasteiger partial charge in [0.15, 0.2) is 0 Å². The lowest BCUT2D eigenvalue weighted by atomic mass is 9.92. The minimum Gasteiger partial charge on any atom is -0.311 e. The van der Waals surface area contributed by atoms with Gasteiger partial charge in [0, 0.05) is 31.7 Å². The van der Waals surface area contributed by atoms with E-state index in [0.717, 1.165) is 23.8 Å². The highest BCUT2D eigenvalue weighted by Crippen LogP contribution is 2.26. The van der Waals surface area contributed by atoms with Crippen molar-refractivity contribution in [1.82, 2.24) is 10.2 Å². The van der Waals surface area contributed by atoms with Crippen LogP contribution < -0.4 is 5.32 Å². The van der Waals surface area contributed by atoms with Crippen LogP contribution in [0.3, 0.4) is 0 Å². The van der Waals surface area contributed by atoms with Crippen LogP contribution in [0.1, 0.15) is 40.5 Å². The van der Waals surface area contributed by atoms with Crippen LogP contribution in [0, 0.1) is 17.8 Å². The molecule has 19 heavy (non-hydrogen) atoms. The Balaban J connectivity index is 1.94. The predicted octanol–water partition coefficient (Wildman–Crippen LogP) is 3.08. The molecule has 0 aliphatic carbocycles. The van der Waals surface area contributed by atoms with E-state index in [4.69, 9.17) is 0 Å². The maximum absolute atomic E-state index is 3.77. The Bertz CT molecular complexity index is 261. The van der Waals surface area contributed by atoms with Gasteiger partial charge < -0.3 is 5.32 Å². The zero-order valence-corrected chi connectivity index (χ0v) is 14.0. The normalized spacial score (nSPS) is 31.3. The van der Waals surface area contributed by atoms with Gasteiger partial charge in [-0.2, -0.15) is 11.8 Å². The molecule has 0 saturated carbocycles. The van der Waals surface area contributed by atoms with Crippen molar-refractivity contribution in [3.8, 4) is 0 Å². The van der Waals surface area contributed by atoms with Gasteiger partial charge in [0.2, 0.25) is 0 Å². The summed E-state index contributed by atoms with van der Waals surface area (Å²) in [5.41, 5.74) is 0. The highest BCUT2D eigenvalue weighted by atomic mass is 32.2. The fourth-order valence-corrected chi connectivity index (χ4v) is 4.63. The number of nitrogens with one attached hydrogen (secondary N) is 1. The molecule has 2 rings (SSSR count). The molecule has 2 atom stereocenters. The first-order chi connectivity index (χ1) is 9.08. The van der Waals surface area contributed by atoms with Gasteiger partial charge in [-0.3, -0.25) is 4.90 Å². The van der Waals surface area contributed by atoms with Crippen LogP contribution in [0.2, 0.25) is 0 Å². The van der Waals surface area contributed by atoms with Crippen molar-refractivity contribution in [2.45, 2.75) is 52.6 Å². The quantitative estimate of drug-likeness (QED) is 0.854. The summed E-state index contributed by atoms with van der Waals surface area (Å²) >= 11 is 2.14. The molecule has 2 nitrogen and oxygen atoms in total. The minimum absolute atomic E-state index is 0.688. The summed E-state index contributed by atoms with van der Waals surface area (Å²) in [5.74, 6) is 5.23. The Hall–Kier alpha value is 0.270. The van der Waals surface area contributed by atoms with E-state index < -0.39 is 0 Å². The molecule has 2 aliphatic rings. The molecule has 2 fully saturated rings. The number of nitrogens with zero attached hydrogens (tertiary/aromatic N) is 1. The summed E-state index contributed by atoms with van der Waals surface area (Å²) in [6.07, 6.45) is 2.87. The summed E-state index contributed by atoms with van der Waals surface area (Å²) in [6, 6.07) is 1.43. The largest absolute Gasteiger partial charge is 0.311 e. The van der Waals surface area contributed by atoms with Gasteiger partial charge in [-0.15, -0.1) is 0 Å². The van der Waals surface area contributed by atoms with Gasteiger partial charge in [0.1, 0.15) is 0 Å². The van der Waals surface area contributed by atoms with Crippen molar-refractivity contribution in [2.24, 2.45) is 17.8 Å². The molecular weight excluding hydrogens is 252 g/mol. The molecule has 0 aromatic heterocycles. The maximum atomic E-state index is 3.77. The van der Waals surface area contributed by atoms with Crippen molar-refractivity contribution in [1.29, 1.82) is 0 Å². The second-order valence-corrected chi connectivity index (χ2v) is 8.30. The van der Waals surface area contributed by atoms with E-state index in [2.05, 4.69) is 49.7 Å². The fraction of sp³-hybridized carbons (Fsp3) is 1.00. The molecule has 0 spiro atoms. The summed E-state index contributed by atoms with van der Waals surface area (Å²) in [7, 11) is 0. The first kappa shape index (κ1) is 15.7. The van der Waals surface area contributed by atoms with Gasteiger partial charge in [-0.1, -0.05) is 27.7 Å². The third-order valence-corrected chi connectivity index (χ3v) is 5.95. The van der Waals surface area contributed by atoms with Gasteiger partial charge in [-0.05, 0) is 42.1 Å². The van der Waals surface area contributed by atoms with Gasteiger partial charge in [-0.25, -0.2) is 0 Å². The second kappa shape index (κ2) is 7.33. The average molecular weight is 285 g/mol. The van der Waals surface area contributed by atoms with Crippen LogP contribution in [-0.4, -0.2) is 48.1 Å². The van der Waals surface area contributed by atoms with Crippen molar-refractivity contribution >= 4 is 11.8 Å². The standard InChI is InChI=1S/C16H32N2S/c1-12(2)15-11-18(16(9-17-15)13(3)4)10-14-5-7-19-8-6-14/h12-17H,5-11H2,1-4H3. The van der Waals surface area contributed by atoms with E-state index >= 15 is 0 Å². The Morgan fingerprint density at radius 2 is 1.79 bits per heavy atom. The monoisotopic (exact) mass is 284 g/mol. The first-order valence-electron chi connectivity index (χ1n) is 8.13. The highest BCUT2D eigenvalue weighted by Gasteiger charge is 2.32. The molecule has 0 radical (unpaired) electrons. The van der Waals surface area contributed by atoms with Gasteiger partial charge in [0.25, 0.3) is 0 Å². The minimum atomic E-state index is 0.688. The van der Waals surface area contributed by atoms with Gasteiger partial charge in [0.05, 0.1) is 0 Å². The van der Waals surface area contributed by atoms with E-state index in [1.54, 1.807) is 0 Å². The van der Waals surface area contributed by atoms with Crippen molar-refractivity contribution < 1.29 is 0 Å². The molecular formula is C16H32N2S. The molecule has 0 amide bonds. The Morgan fingerprint density at radius 1 is 1.11 bits per heavy atom. The van der Waals surface area contributed by atoms with E-state index in [-0.39, 0.29) is 0 Å². The molecule has 3 heteroatoms. The summed E-state index contributed by atoms with van der Waals surface area (Å²) in [4.78, 5) is 2.81. The number of hydrogen-bond donors (Lipinski definition) is 1. The summed E-state index contributed by atoms with van der Waals surface area (Å²) in [5, 5.41) is 3.77. The fourth-order valence-electron chi connectivity index (χ4n) is 3.43. The van der Waals surface area contributed by atoms with Crippen molar-refractivity contribution in [2.75, 3.05) is 31.1 Å².